The predicted octanol–water partition coefficient (Wildman–Crippen LogP) is 2.86. The second kappa shape index (κ2) is 5.72. The number of carbonyl (C=O) groups is 1. The Balaban J connectivity index is 1.67. The Bertz CT molecular complexity index is 811. The maximum absolute atomic E-state index is 12.3. The van der Waals surface area contributed by atoms with Gasteiger partial charge in [-0.2, -0.15) is 5.10 Å². The molecular formula is C17H17N5O. The van der Waals surface area contributed by atoms with Crippen molar-refractivity contribution in [2.24, 2.45) is 0 Å². The number of rotatable bonds is 3. The number of amides is 1. The van der Waals surface area contributed by atoms with E-state index < -0.39 is 0 Å². The molecule has 1 amide bonds. The fourth-order valence-electron chi connectivity index (χ4n) is 2.93. The summed E-state index contributed by atoms with van der Waals surface area (Å²) in [6.07, 6.45) is 8.57. The van der Waals surface area contributed by atoms with E-state index in [1.807, 2.05) is 24.3 Å². The molecule has 1 aliphatic heterocycles. The van der Waals surface area contributed by atoms with E-state index in [1.54, 1.807) is 6.20 Å². The van der Waals surface area contributed by atoms with Crippen molar-refractivity contribution in [3.05, 3.63) is 54.2 Å². The molecule has 0 spiro atoms. The average Bonchev–Trinajstić information content (AvgIpc) is 3.25. The number of aromatic nitrogens is 4. The summed E-state index contributed by atoms with van der Waals surface area (Å²) in [5, 5.41) is 9.40. The zero-order chi connectivity index (χ0) is 15.6. The molecule has 3 heterocycles. The molecule has 116 valence electrons. The van der Waals surface area contributed by atoms with Crippen LogP contribution in [0.15, 0.2) is 42.9 Å². The van der Waals surface area contributed by atoms with Crippen LogP contribution in [0.5, 0.6) is 0 Å². The monoisotopic (exact) mass is 307 g/mol. The highest BCUT2D eigenvalue weighted by molar-refractivity contribution is 6.05. The zero-order valence-corrected chi connectivity index (χ0v) is 12.6. The molecule has 2 aromatic heterocycles. The van der Waals surface area contributed by atoms with E-state index in [0.29, 0.717) is 5.56 Å². The quantitative estimate of drug-likeness (QED) is 0.781. The number of fused-ring (bicyclic) bond motifs is 1. The number of imidazole rings is 1. The van der Waals surface area contributed by atoms with Gasteiger partial charge < -0.3 is 9.88 Å². The van der Waals surface area contributed by atoms with Gasteiger partial charge in [-0.15, -0.1) is 0 Å². The normalized spacial score (nSPS) is 13.6. The lowest BCUT2D eigenvalue weighted by molar-refractivity contribution is 0.102. The van der Waals surface area contributed by atoms with E-state index in [9.17, 15) is 4.79 Å². The number of nitrogens with one attached hydrogen (secondary N) is 2. The van der Waals surface area contributed by atoms with Crippen LogP contribution in [0.4, 0.5) is 5.69 Å². The van der Waals surface area contributed by atoms with Crippen molar-refractivity contribution in [1.29, 1.82) is 0 Å². The minimum atomic E-state index is -0.185. The molecule has 6 nitrogen and oxygen atoms in total. The van der Waals surface area contributed by atoms with Crippen LogP contribution in [0.1, 0.15) is 29.0 Å². The number of nitrogens with zero attached hydrogens (tertiary/aromatic N) is 3. The van der Waals surface area contributed by atoms with Gasteiger partial charge in [0.05, 0.1) is 23.1 Å². The lowest BCUT2D eigenvalue weighted by Gasteiger charge is -2.11. The predicted molar refractivity (Wildman–Crippen MR) is 87.1 cm³/mol. The topological polar surface area (TPSA) is 75.6 Å². The van der Waals surface area contributed by atoms with Crippen LogP contribution in [0, 0.1) is 0 Å². The molecule has 0 bridgehead atoms. The fourth-order valence-corrected chi connectivity index (χ4v) is 2.93. The lowest BCUT2D eigenvalue weighted by atomic mass is 10.1. The minimum absolute atomic E-state index is 0.185. The van der Waals surface area contributed by atoms with Crippen LogP contribution in [0.3, 0.4) is 0 Å². The molecule has 1 aliphatic rings. The summed E-state index contributed by atoms with van der Waals surface area (Å²) >= 11 is 0. The second-order valence-corrected chi connectivity index (χ2v) is 5.68. The first-order valence-corrected chi connectivity index (χ1v) is 7.77. The van der Waals surface area contributed by atoms with Gasteiger partial charge in [-0.25, -0.2) is 4.98 Å². The third kappa shape index (κ3) is 2.63. The lowest BCUT2D eigenvalue weighted by Crippen LogP contribution is -2.11. The molecule has 3 aromatic rings. The Morgan fingerprint density at radius 2 is 2.17 bits per heavy atom. The standard InChI is InChI=1S/C17H17N5O/c23-17(12-9-18-19-10-12)21-14-6-2-1-5-13(14)15-11-22-8-4-3-7-16(22)20-15/h1-2,5-6,9-11H,3-4,7-8H2,(H,18,19)(H,21,23). The minimum Gasteiger partial charge on any atom is -0.334 e. The SMILES string of the molecule is O=C(Nc1ccccc1-c1cn2c(n1)CCCC2)c1cn[nH]c1. The van der Waals surface area contributed by atoms with E-state index >= 15 is 0 Å². The molecule has 0 saturated carbocycles. The summed E-state index contributed by atoms with van der Waals surface area (Å²) in [6, 6.07) is 7.75. The van der Waals surface area contributed by atoms with Crippen LogP contribution >= 0.6 is 0 Å². The number of carbonyl (C=O) groups excluding carboxylic acids is 1. The number of hydrogen-bond acceptors (Lipinski definition) is 3. The van der Waals surface area contributed by atoms with Gasteiger partial charge in [0.1, 0.15) is 5.82 Å². The highest BCUT2D eigenvalue weighted by Gasteiger charge is 2.16. The summed E-state index contributed by atoms with van der Waals surface area (Å²) in [5.74, 6) is 0.942. The average molecular weight is 307 g/mol. The Kier molecular flexibility index (Phi) is 3.42. The first kappa shape index (κ1) is 13.8. The van der Waals surface area contributed by atoms with Crippen LogP contribution in [0.25, 0.3) is 11.3 Å². The second-order valence-electron chi connectivity index (χ2n) is 5.68. The summed E-state index contributed by atoms with van der Waals surface area (Å²) in [6.45, 7) is 1.02. The highest BCUT2D eigenvalue weighted by atomic mass is 16.1. The molecule has 2 N–H and O–H groups in total. The van der Waals surface area contributed by atoms with Gasteiger partial charge in [-0.1, -0.05) is 18.2 Å². The molecule has 1 aromatic carbocycles. The maximum Gasteiger partial charge on any atom is 0.258 e. The molecule has 6 heteroatoms. The van der Waals surface area contributed by atoms with Crippen LogP contribution in [-0.4, -0.2) is 25.7 Å². The van der Waals surface area contributed by atoms with Gasteiger partial charge in [-0.05, 0) is 18.9 Å². The molecule has 0 radical (unpaired) electrons. The third-order valence-electron chi connectivity index (χ3n) is 4.12. The van der Waals surface area contributed by atoms with Gasteiger partial charge >= 0.3 is 0 Å². The van der Waals surface area contributed by atoms with Gasteiger partial charge in [0.15, 0.2) is 0 Å². The van der Waals surface area contributed by atoms with Crippen LogP contribution in [-0.2, 0) is 13.0 Å². The first-order chi connectivity index (χ1) is 11.3. The highest BCUT2D eigenvalue weighted by Crippen LogP contribution is 2.29. The molecule has 0 saturated heterocycles. The van der Waals surface area contributed by atoms with Crippen molar-refractivity contribution in [3.63, 3.8) is 0 Å². The largest absolute Gasteiger partial charge is 0.334 e. The van der Waals surface area contributed by atoms with Crippen molar-refractivity contribution in [3.8, 4) is 11.3 Å². The number of para-hydroxylation sites is 1. The van der Waals surface area contributed by atoms with Gasteiger partial charge in [-0.3, -0.25) is 9.89 Å². The van der Waals surface area contributed by atoms with Crippen molar-refractivity contribution < 1.29 is 4.79 Å². The number of H-pyrrole nitrogens is 1. The summed E-state index contributed by atoms with van der Waals surface area (Å²) in [4.78, 5) is 17.0. The van der Waals surface area contributed by atoms with Crippen molar-refractivity contribution in [1.82, 2.24) is 19.7 Å². The van der Waals surface area contributed by atoms with Gasteiger partial charge in [0.25, 0.3) is 5.91 Å². The van der Waals surface area contributed by atoms with Crippen LogP contribution in [0.2, 0.25) is 0 Å². The third-order valence-corrected chi connectivity index (χ3v) is 4.12. The molecule has 23 heavy (non-hydrogen) atoms. The number of benzene rings is 1. The molecule has 0 unspecified atom stereocenters. The van der Waals surface area contributed by atoms with E-state index in [-0.39, 0.29) is 5.91 Å². The van der Waals surface area contributed by atoms with E-state index in [4.69, 9.17) is 4.98 Å². The van der Waals surface area contributed by atoms with Crippen LogP contribution < -0.4 is 5.32 Å². The zero-order valence-electron chi connectivity index (χ0n) is 12.6. The van der Waals surface area contributed by atoms with Crippen molar-refractivity contribution in [2.75, 3.05) is 5.32 Å². The Labute approximate surface area is 133 Å². The Hall–Kier alpha value is -2.89. The number of anilines is 1. The summed E-state index contributed by atoms with van der Waals surface area (Å²) in [5.41, 5.74) is 3.11. The van der Waals surface area contributed by atoms with E-state index in [1.165, 1.54) is 19.0 Å². The fraction of sp³-hybridized carbons (Fsp3) is 0.235. The Morgan fingerprint density at radius 3 is 3.00 bits per heavy atom. The number of aryl methyl sites for hydroxylation is 2. The van der Waals surface area contributed by atoms with Gasteiger partial charge in [0, 0.05) is 30.9 Å². The van der Waals surface area contributed by atoms with Crippen molar-refractivity contribution >= 4 is 11.6 Å². The van der Waals surface area contributed by atoms with Crippen molar-refractivity contribution in [2.45, 2.75) is 25.8 Å². The molecule has 0 fully saturated rings. The number of hydrogen-bond donors (Lipinski definition) is 2. The Morgan fingerprint density at radius 1 is 1.26 bits per heavy atom. The first-order valence-electron chi connectivity index (χ1n) is 7.77. The summed E-state index contributed by atoms with van der Waals surface area (Å²) < 4.78 is 2.22. The summed E-state index contributed by atoms with van der Waals surface area (Å²) in [7, 11) is 0. The smallest absolute Gasteiger partial charge is 0.258 e. The number of aromatic amines is 1. The van der Waals surface area contributed by atoms with E-state index in [2.05, 4.69) is 26.3 Å². The molecular weight excluding hydrogens is 290 g/mol. The molecule has 0 atom stereocenters. The van der Waals surface area contributed by atoms with Gasteiger partial charge in [0.2, 0.25) is 0 Å². The maximum atomic E-state index is 12.3. The molecule has 0 aliphatic carbocycles. The molecule has 4 rings (SSSR count). The van der Waals surface area contributed by atoms with E-state index in [0.717, 1.165) is 35.7 Å².